The summed E-state index contributed by atoms with van der Waals surface area (Å²) in [6.07, 6.45) is 4.55. The maximum atomic E-state index is 11.5. The first-order chi connectivity index (χ1) is 10.8. The first kappa shape index (κ1) is 18.7. The highest BCUT2D eigenvalue weighted by molar-refractivity contribution is 5.79. The average molecular weight is 314 g/mol. The van der Waals surface area contributed by atoms with Crippen LogP contribution in [0.25, 0.3) is 0 Å². The smallest absolute Gasteiger partial charge is 0.220 e. The Morgan fingerprint density at radius 3 is 2.50 bits per heavy atom. The van der Waals surface area contributed by atoms with Gasteiger partial charge < -0.3 is 25.4 Å². The van der Waals surface area contributed by atoms with E-state index < -0.39 is 0 Å². The molecule has 0 aliphatic heterocycles. The van der Waals surface area contributed by atoms with E-state index in [4.69, 9.17) is 9.47 Å². The largest absolute Gasteiger partial charge is 0.382 e. The van der Waals surface area contributed by atoms with E-state index >= 15 is 0 Å². The van der Waals surface area contributed by atoms with E-state index in [2.05, 4.69) is 20.9 Å². The average Bonchev–Trinajstić information content (AvgIpc) is 3.32. The van der Waals surface area contributed by atoms with Crippen LogP contribution in [0.3, 0.4) is 0 Å². The zero-order chi connectivity index (χ0) is 16.0. The van der Waals surface area contributed by atoms with Gasteiger partial charge in [0.15, 0.2) is 5.96 Å². The van der Waals surface area contributed by atoms with E-state index in [1.54, 1.807) is 14.2 Å². The van der Waals surface area contributed by atoms with Crippen molar-refractivity contribution < 1.29 is 14.3 Å². The van der Waals surface area contributed by atoms with Crippen LogP contribution in [0.5, 0.6) is 0 Å². The molecule has 0 bridgehead atoms. The molecule has 0 spiro atoms. The highest BCUT2D eigenvalue weighted by Crippen LogP contribution is 2.18. The van der Waals surface area contributed by atoms with E-state index in [-0.39, 0.29) is 5.91 Å². The van der Waals surface area contributed by atoms with Crippen molar-refractivity contribution in [1.82, 2.24) is 16.0 Å². The number of hydrogen-bond donors (Lipinski definition) is 3. The number of amides is 1. The number of ether oxygens (including phenoxy) is 2. The summed E-state index contributed by atoms with van der Waals surface area (Å²) < 4.78 is 10.3. The second-order valence-corrected chi connectivity index (χ2v) is 5.33. The van der Waals surface area contributed by atoms with Gasteiger partial charge in [0.1, 0.15) is 0 Å². The number of aliphatic imine (C=N–C) groups is 1. The summed E-state index contributed by atoms with van der Waals surface area (Å²) in [5, 5.41) is 9.40. The van der Waals surface area contributed by atoms with Crippen LogP contribution in [0, 0.1) is 0 Å². The van der Waals surface area contributed by atoms with Gasteiger partial charge in [-0.1, -0.05) is 0 Å². The number of methoxy groups -OCH3 is 1. The van der Waals surface area contributed by atoms with Gasteiger partial charge in [-0.2, -0.15) is 0 Å². The molecule has 0 unspecified atom stereocenters. The molecule has 0 saturated heterocycles. The lowest BCUT2D eigenvalue weighted by Gasteiger charge is -2.12. The number of nitrogens with zero attached hydrogens (tertiary/aromatic N) is 1. The minimum atomic E-state index is 0.153. The highest BCUT2D eigenvalue weighted by atomic mass is 16.5. The van der Waals surface area contributed by atoms with Crippen LogP contribution in [0.2, 0.25) is 0 Å². The topological polar surface area (TPSA) is 84.0 Å². The fraction of sp³-hybridized carbons (Fsp3) is 0.867. The van der Waals surface area contributed by atoms with Crippen molar-refractivity contribution in [2.75, 3.05) is 47.1 Å². The Bertz CT molecular complexity index is 333. The van der Waals surface area contributed by atoms with Crippen LogP contribution >= 0.6 is 0 Å². The Kier molecular flexibility index (Phi) is 10.4. The van der Waals surface area contributed by atoms with Crippen LogP contribution < -0.4 is 16.0 Å². The number of carbonyl (C=O) groups is 1. The number of guanidine groups is 1. The molecule has 1 aliphatic rings. The first-order valence-corrected chi connectivity index (χ1v) is 8.07. The molecule has 1 rings (SSSR count). The normalized spacial score (nSPS) is 14.7. The van der Waals surface area contributed by atoms with Crippen molar-refractivity contribution in [2.24, 2.45) is 4.99 Å². The summed E-state index contributed by atoms with van der Waals surface area (Å²) in [6.45, 7) is 3.50. The molecule has 3 N–H and O–H groups in total. The summed E-state index contributed by atoms with van der Waals surface area (Å²) in [7, 11) is 3.40. The summed E-state index contributed by atoms with van der Waals surface area (Å²) >= 11 is 0. The van der Waals surface area contributed by atoms with Crippen molar-refractivity contribution >= 4 is 11.9 Å². The van der Waals surface area contributed by atoms with Crippen LogP contribution in [0.4, 0.5) is 0 Å². The molecule has 0 aromatic carbocycles. The van der Waals surface area contributed by atoms with Crippen LogP contribution in [0.15, 0.2) is 4.99 Å². The maximum Gasteiger partial charge on any atom is 0.220 e. The predicted octanol–water partition coefficient (Wildman–Crippen LogP) is 0.263. The second kappa shape index (κ2) is 12.2. The molecule has 7 heteroatoms. The fourth-order valence-corrected chi connectivity index (χ4v) is 1.83. The molecule has 0 atom stereocenters. The number of nitrogens with one attached hydrogen (secondary N) is 3. The molecule has 1 saturated carbocycles. The van der Waals surface area contributed by atoms with Gasteiger partial charge in [-0.05, 0) is 25.7 Å². The van der Waals surface area contributed by atoms with Gasteiger partial charge in [-0.25, -0.2) is 0 Å². The molecular formula is C15H30N4O3. The van der Waals surface area contributed by atoms with E-state index in [0.717, 1.165) is 44.7 Å². The third-order valence-electron chi connectivity index (χ3n) is 3.23. The Balaban J connectivity index is 1.92. The molecule has 1 aliphatic carbocycles. The van der Waals surface area contributed by atoms with Gasteiger partial charge in [0, 0.05) is 46.3 Å². The molecule has 0 aromatic rings. The Labute approximate surface area is 133 Å². The quantitative estimate of drug-likeness (QED) is 0.273. The van der Waals surface area contributed by atoms with Crippen molar-refractivity contribution in [3.63, 3.8) is 0 Å². The standard InChI is InChI=1S/C15H30N4O3/c1-16-15(18-9-4-10-22-12-11-21-2)17-8-3-5-14(20)19-13-6-7-13/h13H,3-12H2,1-2H3,(H,19,20)(H2,16,17,18). The Morgan fingerprint density at radius 2 is 1.86 bits per heavy atom. The van der Waals surface area contributed by atoms with Crippen LogP contribution in [0.1, 0.15) is 32.1 Å². The highest BCUT2D eigenvalue weighted by Gasteiger charge is 2.22. The summed E-state index contributed by atoms with van der Waals surface area (Å²) in [6, 6.07) is 0.445. The van der Waals surface area contributed by atoms with E-state index in [1.807, 2.05) is 0 Å². The van der Waals surface area contributed by atoms with Gasteiger partial charge >= 0.3 is 0 Å². The molecular weight excluding hydrogens is 284 g/mol. The number of rotatable bonds is 12. The molecule has 7 nitrogen and oxygen atoms in total. The summed E-state index contributed by atoms with van der Waals surface area (Å²) in [5.41, 5.74) is 0. The van der Waals surface area contributed by atoms with E-state index in [9.17, 15) is 4.79 Å². The van der Waals surface area contributed by atoms with Crippen molar-refractivity contribution in [2.45, 2.75) is 38.1 Å². The minimum Gasteiger partial charge on any atom is -0.382 e. The zero-order valence-electron chi connectivity index (χ0n) is 13.8. The molecule has 22 heavy (non-hydrogen) atoms. The van der Waals surface area contributed by atoms with Crippen molar-refractivity contribution in [3.05, 3.63) is 0 Å². The molecule has 0 aromatic heterocycles. The zero-order valence-corrected chi connectivity index (χ0v) is 13.8. The summed E-state index contributed by atoms with van der Waals surface area (Å²) in [5.74, 6) is 0.917. The van der Waals surface area contributed by atoms with E-state index in [1.165, 1.54) is 0 Å². The van der Waals surface area contributed by atoms with Crippen molar-refractivity contribution in [1.29, 1.82) is 0 Å². The van der Waals surface area contributed by atoms with Crippen molar-refractivity contribution in [3.8, 4) is 0 Å². The van der Waals surface area contributed by atoms with Gasteiger partial charge in [-0.3, -0.25) is 9.79 Å². The first-order valence-electron chi connectivity index (χ1n) is 8.07. The van der Waals surface area contributed by atoms with Gasteiger partial charge in [-0.15, -0.1) is 0 Å². The van der Waals surface area contributed by atoms with Gasteiger partial charge in [0.2, 0.25) is 5.91 Å². The molecule has 1 fully saturated rings. The van der Waals surface area contributed by atoms with Gasteiger partial charge in [0.25, 0.3) is 0 Å². The lowest BCUT2D eigenvalue weighted by molar-refractivity contribution is -0.121. The monoisotopic (exact) mass is 314 g/mol. The number of hydrogen-bond acceptors (Lipinski definition) is 4. The predicted molar refractivity (Wildman–Crippen MR) is 87.1 cm³/mol. The third-order valence-corrected chi connectivity index (χ3v) is 3.23. The second-order valence-electron chi connectivity index (χ2n) is 5.33. The third kappa shape index (κ3) is 10.4. The molecule has 0 heterocycles. The lowest BCUT2D eigenvalue weighted by Crippen LogP contribution is -2.38. The Morgan fingerprint density at radius 1 is 1.14 bits per heavy atom. The molecule has 128 valence electrons. The maximum absolute atomic E-state index is 11.5. The van der Waals surface area contributed by atoms with Crippen LogP contribution in [-0.2, 0) is 14.3 Å². The minimum absolute atomic E-state index is 0.153. The molecule has 0 radical (unpaired) electrons. The van der Waals surface area contributed by atoms with Crippen LogP contribution in [-0.4, -0.2) is 65.0 Å². The fourth-order valence-electron chi connectivity index (χ4n) is 1.83. The lowest BCUT2D eigenvalue weighted by atomic mass is 10.3. The Hall–Kier alpha value is -1.34. The van der Waals surface area contributed by atoms with Gasteiger partial charge in [0.05, 0.1) is 13.2 Å². The summed E-state index contributed by atoms with van der Waals surface area (Å²) in [4.78, 5) is 15.7. The van der Waals surface area contributed by atoms with E-state index in [0.29, 0.717) is 32.3 Å². The number of carbonyl (C=O) groups excluding carboxylic acids is 1. The SMILES string of the molecule is CN=C(NCCCOCCOC)NCCCC(=O)NC1CC1. The molecule has 1 amide bonds.